The number of benzene rings is 1. The van der Waals surface area contributed by atoms with Crippen LogP contribution in [0.15, 0.2) is 18.2 Å². The molecule has 4 heteroatoms. The summed E-state index contributed by atoms with van der Waals surface area (Å²) in [5, 5.41) is 8.63. The number of carbonyl (C=O) groups excluding carboxylic acids is 1. The molecule has 0 fully saturated rings. The van der Waals surface area contributed by atoms with Crippen LogP contribution in [-0.4, -0.2) is 16.9 Å². The molecule has 3 nitrogen and oxygen atoms in total. The van der Waals surface area contributed by atoms with Gasteiger partial charge in [-0.15, -0.1) is 0 Å². The van der Waals surface area contributed by atoms with Gasteiger partial charge < -0.3 is 5.11 Å². The zero-order valence-electron chi connectivity index (χ0n) is 9.37. The highest BCUT2D eigenvalue weighted by atomic mass is 19.1. The van der Waals surface area contributed by atoms with Crippen LogP contribution < -0.4 is 0 Å². The molecule has 0 radical (unpaired) electrons. The average Bonchev–Trinajstić information content (AvgIpc) is 2.14. The Hall–Kier alpha value is -1.71. The van der Waals surface area contributed by atoms with E-state index in [0.29, 0.717) is 0 Å². The Kier molecular flexibility index (Phi) is 3.12. The second-order valence-electron chi connectivity index (χ2n) is 4.58. The van der Waals surface area contributed by atoms with Crippen LogP contribution in [0.2, 0.25) is 0 Å². The van der Waals surface area contributed by atoms with Gasteiger partial charge in [0.15, 0.2) is 5.78 Å². The third-order valence-corrected chi connectivity index (χ3v) is 2.14. The first-order valence-corrected chi connectivity index (χ1v) is 4.81. The molecular formula is C12H13FO3. The van der Waals surface area contributed by atoms with Crippen molar-refractivity contribution in [1.29, 1.82) is 0 Å². The molecule has 0 spiro atoms. The van der Waals surface area contributed by atoms with Crippen LogP contribution in [0.5, 0.6) is 0 Å². The highest BCUT2D eigenvalue weighted by Crippen LogP contribution is 2.22. The Balaban J connectivity index is 3.17. The Bertz CT molecular complexity index is 444. The first-order chi connectivity index (χ1) is 7.23. The average molecular weight is 224 g/mol. The molecule has 0 aliphatic rings. The molecule has 0 amide bonds. The standard InChI is InChI=1S/C12H13FO3/c1-12(2,3)10(14)7-4-5-8(11(15)16)9(13)6-7/h4-6H,1-3H3,(H,15,16). The second-order valence-corrected chi connectivity index (χ2v) is 4.58. The van der Waals surface area contributed by atoms with Crippen LogP contribution in [0, 0.1) is 11.2 Å². The number of carboxylic acid groups (broad SMARTS) is 1. The fourth-order valence-electron chi connectivity index (χ4n) is 1.26. The maximum absolute atomic E-state index is 13.3. The van der Waals surface area contributed by atoms with Crippen molar-refractivity contribution >= 4 is 11.8 Å². The van der Waals surface area contributed by atoms with Crippen molar-refractivity contribution in [2.75, 3.05) is 0 Å². The lowest BCUT2D eigenvalue weighted by atomic mass is 9.86. The second kappa shape index (κ2) is 4.04. The molecule has 16 heavy (non-hydrogen) atoms. The summed E-state index contributed by atoms with van der Waals surface area (Å²) in [6.07, 6.45) is 0. The summed E-state index contributed by atoms with van der Waals surface area (Å²) in [6.45, 7) is 5.16. The van der Waals surface area contributed by atoms with Gasteiger partial charge in [0.25, 0.3) is 0 Å². The molecule has 0 aliphatic heterocycles. The van der Waals surface area contributed by atoms with Gasteiger partial charge in [-0.3, -0.25) is 4.79 Å². The van der Waals surface area contributed by atoms with E-state index < -0.39 is 22.8 Å². The fourth-order valence-corrected chi connectivity index (χ4v) is 1.26. The van der Waals surface area contributed by atoms with Crippen molar-refractivity contribution in [3.8, 4) is 0 Å². The highest BCUT2D eigenvalue weighted by Gasteiger charge is 2.24. The van der Waals surface area contributed by atoms with Gasteiger partial charge in [0, 0.05) is 11.0 Å². The quantitative estimate of drug-likeness (QED) is 0.786. The summed E-state index contributed by atoms with van der Waals surface area (Å²) in [7, 11) is 0. The summed E-state index contributed by atoms with van der Waals surface area (Å²) >= 11 is 0. The fraction of sp³-hybridized carbons (Fsp3) is 0.333. The molecule has 0 aliphatic carbocycles. The van der Waals surface area contributed by atoms with Crippen LogP contribution in [0.1, 0.15) is 41.5 Å². The van der Waals surface area contributed by atoms with Gasteiger partial charge in [0.05, 0.1) is 5.56 Å². The molecule has 0 saturated heterocycles. The van der Waals surface area contributed by atoms with E-state index in [4.69, 9.17) is 5.11 Å². The van der Waals surface area contributed by atoms with E-state index in [1.807, 2.05) is 0 Å². The summed E-state index contributed by atoms with van der Waals surface area (Å²) in [5.41, 5.74) is -0.850. The Labute approximate surface area is 92.9 Å². The van der Waals surface area contributed by atoms with E-state index in [0.717, 1.165) is 12.1 Å². The molecule has 1 aromatic carbocycles. The zero-order chi connectivity index (χ0) is 12.5. The third-order valence-electron chi connectivity index (χ3n) is 2.14. The number of carboxylic acids is 1. The van der Waals surface area contributed by atoms with Gasteiger partial charge in [-0.1, -0.05) is 26.8 Å². The normalized spacial score (nSPS) is 11.2. The molecule has 86 valence electrons. The molecule has 0 saturated carbocycles. The van der Waals surface area contributed by atoms with Gasteiger partial charge in [-0.25, -0.2) is 9.18 Å². The van der Waals surface area contributed by atoms with Crippen molar-refractivity contribution in [1.82, 2.24) is 0 Å². The maximum atomic E-state index is 13.3. The summed E-state index contributed by atoms with van der Waals surface area (Å²) < 4.78 is 13.3. The first kappa shape index (κ1) is 12.4. The molecule has 0 unspecified atom stereocenters. The zero-order valence-corrected chi connectivity index (χ0v) is 9.37. The maximum Gasteiger partial charge on any atom is 0.338 e. The van der Waals surface area contributed by atoms with Gasteiger partial charge in [-0.05, 0) is 12.1 Å². The highest BCUT2D eigenvalue weighted by molar-refractivity contribution is 6.00. The number of Topliss-reactive ketones (excluding diaryl/α,β-unsaturated/α-hetero) is 1. The van der Waals surface area contributed by atoms with Crippen LogP contribution in [0.4, 0.5) is 4.39 Å². The summed E-state index contributed by atoms with van der Waals surface area (Å²) in [5.74, 6) is -2.45. The molecule has 0 bridgehead atoms. The largest absolute Gasteiger partial charge is 0.478 e. The van der Waals surface area contributed by atoms with Gasteiger partial charge in [-0.2, -0.15) is 0 Å². The molecule has 0 aromatic heterocycles. The number of ketones is 1. The minimum Gasteiger partial charge on any atom is -0.478 e. The van der Waals surface area contributed by atoms with E-state index in [1.54, 1.807) is 20.8 Å². The van der Waals surface area contributed by atoms with Crippen molar-refractivity contribution in [3.63, 3.8) is 0 Å². The number of hydrogen-bond acceptors (Lipinski definition) is 2. The van der Waals surface area contributed by atoms with Crippen LogP contribution >= 0.6 is 0 Å². The lowest BCUT2D eigenvalue weighted by Crippen LogP contribution is -2.20. The summed E-state index contributed by atoms with van der Waals surface area (Å²) in [6, 6.07) is 3.41. The minimum absolute atomic E-state index is 0.190. The predicted octanol–water partition coefficient (Wildman–Crippen LogP) is 2.75. The monoisotopic (exact) mass is 224 g/mol. The number of halogens is 1. The van der Waals surface area contributed by atoms with E-state index in [9.17, 15) is 14.0 Å². The Morgan fingerprint density at radius 1 is 1.25 bits per heavy atom. The lowest BCUT2D eigenvalue weighted by Gasteiger charge is -2.16. The first-order valence-electron chi connectivity index (χ1n) is 4.81. The predicted molar refractivity (Wildman–Crippen MR) is 57.1 cm³/mol. The van der Waals surface area contributed by atoms with Crippen LogP contribution in [-0.2, 0) is 0 Å². The van der Waals surface area contributed by atoms with Gasteiger partial charge in [0.2, 0.25) is 0 Å². The number of carbonyl (C=O) groups is 2. The lowest BCUT2D eigenvalue weighted by molar-refractivity contribution is 0.0691. The van der Waals surface area contributed by atoms with E-state index in [2.05, 4.69) is 0 Å². The van der Waals surface area contributed by atoms with E-state index in [1.165, 1.54) is 6.07 Å². The van der Waals surface area contributed by atoms with Crippen LogP contribution in [0.25, 0.3) is 0 Å². The molecular weight excluding hydrogens is 211 g/mol. The minimum atomic E-state index is -1.34. The molecule has 0 atom stereocenters. The van der Waals surface area contributed by atoms with Gasteiger partial charge >= 0.3 is 5.97 Å². The van der Waals surface area contributed by atoms with E-state index in [-0.39, 0.29) is 11.3 Å². The van der Waals surface area contributed by atoms with E-state index >= 15 is 0 Å². The topological polar surface area (TPSA) is 54.4 Å². The van der Waals surface area contributed by atoms with Crippen molar-refractivity contribution in [2.24, 2.45) is 5.41 Å². The smallest absolute Gasteiger partial charge is 0.338 e. The Morgan fingerprint density at radius 3 is 2.19 bits per heavy atom. The molecule has 1 aromatic rings. The van der Waals surface area contributed by atoms with Crippen molar-refractivity contribution < 1.29 is 19.1 Å². The Morgan fingerprint density at radius 2 is 1.81 bits per heavy atom. The van der Waals surface area contributed by atoms with Crippen molar-refractivity contribution in [2.45, 2.75) is 20.8 Å². The summed E-state index contributed by atoms with van der Waals surface area (Å²) in [4.78, 5) is 22.4. The third kappa shape index (κ3) is 2.45. The SMILES string of the molecule is CC(C)(C)C(=O)c1ccc(C(=O)O)c(F)c1. The molecule has 1 N–H and O–H groups in total. The number of hydrogen-bond donors (Lipinski definition) is 1. The molecule has 0 heterocycles. The van der Waals surface area contributed by atoms with Crippen molar-refractivity contribution in [3.05, 3.63) is 35.1 Å². The van der Waals surface area contributed by atoms with Crippen LogP contribution in [0.3, 0.4) is 0 Å². The van der Waals surface area contributed by atoms with Gasteiger partial charge in [0.1, 0.15) is 5.82 Å². The molecule has 1 rings (SSSR count). The number of aromatic carboxylic acids is 1. The number of rotatable bonds is 2.